The zero-order valence-corrected chi connectivity index (χ0v) is 17.9. The van der Waals surface area contributed by atoms with E-state index in [4.69, 9.17) is 14.2 Å². The average Bonchev–Trinajstić information content (AvgIpc) is 3.18. The Morgan fingerprint density at radius 2 is 1.90 bits per heavy atom. The van der Waals surface area contributed by atoms with Crippen LogP contribution in [0.15, 0.2) is 48.5 Å². The Morgan fingerprint density at radius 3 is 2.65 bits per heavy atom. The first-order valence-electron chi connectivity index (χ1n) is 10.2. The van der Waals surface area contributed by atoms with E-state index in [2.05, 4.69) is 27.5 Å². The number of nitrogens with zero attached hydrogens (tertiary/aromatic N) is 3. The molecule has 0 bridgehead atoms. The third-order valence-electron chi connectivity index (χ3n) is 5.30. The fourth-order valence-corrected chi connectivity index (χ4v) is 3.81. The van der Waals surface area contributed by atoms with E-state index < -0.39 is 12.1 Å². The molecule has 2 atom stereocenters. The highest BCUT2D eigenvalue weighted by Gasteiger charge is 2.36. The Kier molecular flexibility index (Phi) is 6.18. The zero-order chi connectivity index (χ0) is 21.8. The van der Waals surface area contributed by atoms with Gasteiger partial charge >= 0.3 is 0 Å². The number of methoxy groups -OCH3 is 2. The number of amides is 1. The average molecular weight is 422 g/mol. The summed E-state index contributed by atoms with van der Waals surface area (Å²) >= 11 is 0. The van der Waals surface area contributed by atoms with Crippen molar-refractivity contribution in [2.24, 2.45) is 0 Å². The maximum Gasteiger partial charge on any atom is 0.246 e. The Bertz CT molecular complexity index is 1050. The minimum Gasteiger partial charge on any atom is -0.493 e. The first kappa shape index (κ1) is 20.9. The third-order valence-corrected chi connectivity index (χ3v) is 5.30. The fraction of sp³-hybridized carbons (Fsp3) is 0.348. The summed E-state index contributed by atoms with van der Waals surface area (Å²) in [6.45, 7) is 2.49. The lowest BCUT2D eigenvalue weighted by atomic mass is 9.98. The van der Waals surface area contributed by atoms with E-state index in [1.807, 2.05) is 48.0 Å². The molecule has 3 aromatic rings. The Hall–Kier alpha value is -3.39. The molecule has 2 aromatic carbocycles. The predicted molar refractivity (Wildman–Crippen MR) is 114 cm³/mol. The number of carbonyl (C=O) groups excluding carboxylic acids is 1. The molecule has 0 aliphatic carbocycles. The van der Waals surface area contributed by atoms with Crippen LogP contribution in [0.5, 0.6) is 11.5 Å². The summed E-state index contributed by atoms with van der Waals surface area (Å²) < 4.78 is 18.6. The number of nitrogens with one attached hydrogen (secondary N) is 1. The number of benzene rings is 2. The van der Waals surface area contributed by atoms with Gasteiger partial charge in [0.2, 0.25) is 5.91 Å². The lowest BCUT2D eigenvalue weighted by molar-refractivity contribution is -0.138. The van der Waals surface area contributed by atoms with Gasteiger partial charge in [0.15, 0.2) is 17.3 Å². The Balaban J connectivity index is 1.65. The van der Waals surface area contributed by atoms with Gasteiger partial charge in [0.25, 0.3) is 0 Å². The molecular formula is C23H26N4O4. The molecular weight excluding hydrogens is 396 g/mol. The van der Waals surface area contributed by atoms with Gasteiger partial charge in [-0.3, -0.25) is 4.79 Å². The summed E-state index contributed by atoms with van der Waals surface area (Å²) in [5.74, 6) is 2.37. The van der Waals surface area contributed by atoms with E-state index in [1.165, 1.54) is 5.56 Å². The summed E-state index contributed by atoms with van der Waals surface area (Å²) in [5.41, 5.74) is 2.06. The van der Waals surface area contributed by atoms with Crippen LogP contribution in [0.25, 0.3) is 0 Å². The van der Waals surface area contributed by atoms with E-state index in [0.717, 1.165) is 12.0 Å². The SMILES string of the molecule is COc1ccc([C@H]2NC(=O)CO[C@@H]2c2nc(C)nn2CCc2ccccc2)cc1OC. The standard InChI is InChI=1S/C23H26N4O4/c1-15-24-23(27(26-15)12-11-16-7-5-4-6-8-16)22-21(25-20(28)14-31-22)17-9-10-18(29-2)19(13-17)30-3/h4-10,13,21-22H,11-12,14H2,1-3H3,(H,25,28)/t21-,22+/m1/s1. The molecule has 162 valence electrons. The van der Waals surface area contributed by atoms with Crippen LogP contribution in [0.4, 0.5) is 0 Å². The van der Waals surface area contributed by atoms with Gasteiger partial charge in [-0.05, 0) is 36.6 Å². The molecule has 4 rings (SSSR count). The molecule has 1 aliphatic rings. The molecule has 1 N–H and O–H groups in total. The third kappa shape index (κ3) is 4.54. The summed E-state index contributed by atoms with van der Waals surface area (Å²) in [7, 11) is 3.17. The van der Waals surface area contributed by atoms with Crippen LogP contribution in [0.2, 0.25) is 0 Å². The van der Waals surface area contributed by atoms with Gasteiger partial charge in [-0.25, -0.2) is 9.67 Å². The summed E-state index contributed by atoms with van der Waals surface area (Å²) in [5, 5.41) is 7.62. The second-order valence-electron chi connectivity index (χ2n) is 7.37. The van der Waals surface area contributed by atoms with Gasteiger partial charge in [-0.15, -0.1) is 0 Å². The summed E-state index contributed by atoms with van der Waals surface area (Å²) in [6.07, 6.45) is 0.337. The molecule has 0 saturated carbocycles. The van der Waals surface area contributed by atoms with Crippen LogP contribution < -0.4 is 14.8 Å². The Labute approximate surface area is 181 Å². The minimum atomic E-state index is -0.479. The van der Waals surface area contributed by atoms with Gasteiger partial charge in [-0.2, -0.15) is 5.10 Å². The maximum absolute atomic E-state index is 12.2. The molecule has 1 amide bonds. The van der Waals surface area contributed by atoms with Gasteiger partial charge in [0.1, 0.15) is 18.5 Å². The normalized spacial score (nSPS) is 18.5. The van der Waals surface area contributed by atoms with E-state index >= 15 is 0 Å². The van der Waals surface area contributed by atoms with Crippen molar-refractivity contribution in [2.45, 2.75) is 32.0 Å². The van der Waals surface area contributed by atoms with E-state index in [0.29, 0.717) is 29.7 Å². The molecule has 1 fully saturated rings. The van der Waals surface area contributed by atoms with Crippen LogP contribution in [0.1, 0.15) is 34.9 Å². The second-order valence-corrected chi connectivity index (χ2v) is 7.37. The van der Waals surface area contributed by atoms with Gasteiger partial charge in [-0.1, -0.05) is 36.4 Å². The van der Waals surface area contributed by atoms with Crippen molar-refractivity contribution >= 4 is 5.91 Å². The minimum absolute atomic E-state index is 0.0287. The van der Waals surface area contributed by atoms with Crippen molar-refractivity contribution in [2.75, 3.05) is 20.8 Å². The molecule has 0 spiro atoms. The quantitative estimate of drug-likeness (QED) is 0.630. The highest BCUT2D eigenvalue weighted by molar-refractivity contribution is 5.78. The maximum atomic E-state index is 12.2. The van der Waals surface area contributed by atoms with Crippen molar-refractivity contribution < 1.29 is 19.0 Å². The number of morpholine rings is 1. The number of aryl methyl sites for hydroxylation is 3. The van der Waals surface area contributed by atoms with Crippen LogP contribution >= 0.6 is 0 Å². The molecule has 2 heterocycles. The molecule has 1 aliphatic heterocycles. The summed E-state index contributed by atoms with van der Waals surface area (Å²) in [4.78, 5) is 16.8. The Morgan fingerprint density at radius 1 is 1.13 bits per heavy atom. The van der Waals surface area contributed by atoms with Crippen molar-refractivity contribution in [1.29, 1.82) is 0 Å². The monoisotopic (exact) mass is 422 g/mol. The number of rotatable bonds is 7. The number of hydrogen-bond acceptors (Lipinski definition) is 6. The topological polar surface area (TPSA) is 87.5 Å². The smallest absolute Gasteiger partial charge is 0.246 e. The van der Waals surface area contributed by atoms with Gasteiger partial charge < -0.3 is 19.5 Å². The van der Waals surface area contributed by atoms with Crippen molar-refractivity contribution in [1.82, 2.24) is 20.1 Å². The van der Waals surface area contributed by atoms with Crippen molar-refractivity contribution in [3.63, 3.8) is 0 Å². The van der Waals surface area contributed by atoms with Crippen LogP contribution in [-0.4, -0.2) is 41.5 Å². The molecule has 1 aromatic heterocycles. The molecule has 0 radical (unpaired) electrons. The first-order valence-corrected chi connectivity index (χ1v) is 10.2. The van der Waals surface area contributed by atoms with E-state index in [-0.39, 0.29) is 12.5 Å². The van der Waals surface area contributed by atoms with E-state index in [1.54, 1.807) is 14.2 Å². The number of aromatic nitrogens is 3. The highest BCUT2D eigenvalue weighted by Crippen LogP contribution is 2.37. The lowest BCUT2D eigenvalue weighted by Gasteiger charge is -2.32. The largest absolute Gasteiger partial charge is 0.493 e. The summed E-state index contributed by atoms with van der Waals surface area (Å²) in [6, 6.07) is 15.4. The number of carbonyl (C=O) groups is 1. The molecule has 0 unspecified atom stereocenters. The molecule has 8 heteroatoms. The fourth-order valence-electron chi connectivity index (χ4n) is 3.81. The molecule has 8 nitrogen and oxygen atoms in total. The molecule has 31 heavy (non-hydrogen) atoms. The van der Waals surface area contributed by atoms with E-state index in [9.17, 15) is 4.79 Å². The zero-order valence-electron chi connectivity index (χ0n) is 17.9. The lowest BCUT2D eigenvalue weighted by Crippen LogP contribution is -2.42. The first-order chi connectivity index (χ1) is 15.1. The molecule has 1 saturated heterocycles. The van der Waals surface area contributed by atoms with Crippen molar-refractivity contribution in [3.8, 4) is 11.5 Å². The van der Waals surface area contributed by atoms with Crippen LogP contribution in [0.3, 0.4) is 0 Å². The number of hydrogen-bond donors (Lipinski definition) is 1. The van der Waals surface area contributed by atoms with Crippen molar-refractivity contribution in [3.05, 3.63) is 71.3 Å². The second kappa shape index (κ2) is 9.18. The van der Waals surface area contributed by atoms with Crippen LogP contribution in [0, 0.1) is 6.92 Å². The van der Waals surface area contributed by atoms with Crippen LogP contribution in [-0.2, 0) is 22.5 Å². The number of ether oxygens (including phenoxy) is 3. The highest BCUT2D eigenvalue weighted by atomic mass is 16.5. The van der Waals surface area contributed by atoms with Gasteiger partial charge in [0, 0.05) is 6.54 Å². The van der Waals surface area contributed by atoms with Gasteiger partial charge in [0.05, 0.1) is 20.3 Å². The predicted octanol–water partition coefficient (Wildman–Crippen LogP) is 2.78.